The van der Waals surface area contributed by atoms with E-state index in [-0.39, 0.29) is 12.5 Å². The Morgan fingerprint density at radius 3 is 2.59 bits per heavy atom. The Bertz CT molecular complexity index is 830. The van der Waals surface area contributed by atoms with E-state index in [4.69, 9.17) is 4.74 Å². The molecule has 0 saturated carbocycles. The third kappa shape index (κ3) is 3.94. The summed E-state index contributed by atoms with van der Waals surface area (Å²) in [5.41, 5.74) is 3.07. The highest BCUT2D eigenvalue weighted by Crippen LogP contribution is 2.23. The Balaban J connectivity index is 1.27. The van der Waals surface area contributed by atoms with Gasteiger partial charge in [-0.3, -0.25) is 4.79 Å². The number of anilines is 1. The van der Waals surface area contributed by atoms with E-state index < -0.39 is 5.97 Å². The molecule has 27 heavy (non-hydrogen) atoms. The average molecular weight is 365 g/mol. The molecule has 1 saturated heterocycles. The Labute approximate surface area is 158 Å². The topological polar surface area (TPSA) is 62.7 Å². The Morgan fingerprint density at radius 2 is 1.81 bits per heavy atom. The summed E-state index contributed by atoms with van der Waals surface area (Å²) >= 11 is 0. The van der Waals surface area contributed by atoms with Crippen LogP contribution in [0, 0.1) is 0 Å². The molecule has 0 atom stereocenters. The van der Waals surface area contributed by atoms with Crippen molar-refractivity contribution in [1.29, 1.82) is 0 Å². The van der Waals surface area contributed by atoms with Crippen molar-refractivity contribution in [3.05, 3.63) is 59.3 Å². The zero-order chi connectivity index (χ0) is 18.6. The van der Waals surface area contributed by atoms with Gasteiger partial charge in [-0.15, -0.1) is 0 Å². The number of amides is 1. The van der Waals surface area contributed by atoms with Gasteiger partial charge in [0.1, 0.15) is 5.82 Å². The van der Waals surface area contributed by atoms with Crippen LogP contribution in [0.2, 0.25) is 0 Å². The highest BCUT2D eigenvalue weighted by atomic mass is 16.5. The molecule has 140 valence electrons. The molecular formula is C21H23N3O3. The fourth-order valence-corrected chi connectivity index (χ4v) is 3.73. The molecule has 6 nitrogen and oxygen atoms in total. The van der Waals surface area contributed by atoms with E-state index in [0.29, 0.717) is 18.7 Å². The number of fused-ring (bicyclic) bond motifs is 1. The number of esters is 1. The fourth-order valence-electron chi connectivity index (χ4n) is 3.73. The van der Waals surface area contributed by atoms with Gasteiger partial charge in [0.05, 0.1) is 5.56 Å². The van der Waals surface area contributed by atoms with Gasteiger partial charge in [0.25, 0.3) is 5.91 Å². The number of piperazine rings is 1. The van der Waals surface area contributed by atoms with Gasteiger partial charge >= 0.3 is 5.97 Å². The molecule has 0 spiro atoms. The smallest absolute Gasteiger partial charge is 0.338 e. The number of ether oxygens (including phenoxy) is 1. The van der Waals surface area contributed by atoms with E-state index in [1.807, 2.05) is 30.3 Å². The summed E-state index contributed by atoms with van der Waals surface area (Å²) < 4.78 is 5.26. The fraction of sp³-hybridized carbons (Fsp3) is 0.381. The average Bonchev–Trinajstić information content (AvgIpc) is 3.20. The van der Waals surface area contributed by atoms with Gasteiger partial charge in [-0.2, -0.15) is 0 Å². The first kappa shape index (κ1) is 17.5. The Morgan fingerprint density at radius 1 is 1.00 bits per heavy atom. The van der Waals surface area contributed by atoms with Crippen molar-refractivity contribution in [1.82, 2.24) is 9.88 Å². The minimum Gasteiger partial charge on any atom is -0.452 e. The molecule has 2 heterocycles. The molecule has 0 unspecified atom stereocenters. The second-order valence-corrected chi connectivity index (χ2v) is 6.97. The lowest BCUT2D eigenvalue weighted by Crippen LogP contribution is -2.50. The molecule has 6 heteroatoms. The summed E-state index contributed by atoms with van der Waals surface area (Å²) in [6.45, 7) is 2.44. The van der Waals surface area contributed by atoms with Gasteiger partial charge in [0.2, 0.25) is 0 Å². The quantitative estimate of drug-likeness (QED) is 0.777. The van der Waals surface area contributed by atoms with Gasteiger partial charge in [-0.25, -0.2) is 9.78 Å². The number of hydrogen-bond acceptors (Lipinski definition) is 5. The van der Waals surface area contributed by atoms with Crippen molar-refractivity contribution in [2.75, 3.05) is 37.7 Å². The van der Waals surface area contributed by atoms with Crippen LogP contribution in [0.1, 0.15) is 27.9 Å². The van der Waals surface area contributed by atoms with E-state index in [9.17, 15) is 9.59 Å². The van der Waals surface area contributed by atoms with Crippen molar-refractivity contribution < 1.29 is 14.3 Å². The summed E-state index contributed by atoms with van der Waals surface area (Å²) in [6.07, 6.45) is 4.99. The number of hydrogen-bond donors (Lipinski definition) is 0. The minimum absolute atomic E-state index is 0.148. The van der Waals surface area contributed by atoms with Crippen LogP contribution in [0.15, 0.2) is 42.6 Å². The summed E-state index contributed by atoms with van der Waals surface area (Å²) in [5.74, 6) is 0.350. The van der Waals surface area contributed by atoms with Gasteiger partial charge in [0, 0.05) is 32.4 Å². The molecule has 1 aliphatic heterocycles. The Hall–Kier alpha value is -2.89. The maximum Gasteiger partial charge on any atom is 0.338 e. The largest absolute Gasteiger partial charge is 0.452 e. The monoisotopic (exact) mass is 365 g/mol. The summed E-state index contributed by atoms with van der Waals surface area (Å²) in [7, 11) is 0. The first-order valence-electron chi connectivity index (χ1n) is 9.43. The second-order valence-electron chi connectivity index (χ2n) is 6.97. The van der Waals surface area contributed by atoms with E-state index in [2.05, 4.69) is 9.88 Å². The molecule has 4 rings (SSSR count). The lowest BCUT2D eigenvalue weighted by molar-refractivity contribution is -0.134. The molecule has 1 amide bonds. The van der Waals surface area contributed by atoms with Gasteiger partial charge < -0.3 is 14.5 Å². The SMILES string of the molecule is O=C(OCC(=O)N1CCN(c2ccccn2)CC1)c1ccc2c(c1)CCC2. The number of carbonyl (C=O) groups is 2. The van der Waals surface area contributed by atoms with Gasteiger partial charge in [0.15, 0.2) is 6.61 Å². The zero-order valence-electron chi connectivity index (χ0n) is 15.3. The second kappa shape index (κ2) is 7.78. The summed E-state index contributed by atoms with van der Waals surface area (Å²) in [4.78, 5) is 32.9. The predicted molar refractivity (Wildman–Crippen MR) is 102 cm³/mol. The predicted octanol–water partition coefficient (Wildman–Crippen LogP) is 2.08. The number of pyridine rings is 1. The number of nitrogens with zero attached hydrogens (tertiary/aromatic N) is 3. The number of benzene rings is 1. The van der Waals surface area contributed by atoms with E-state index in [1.165, 1.54) is 11.1 Å². The van der Waals surface area contributed by atoms with Crippen molar-refractivity contribution in [3.8, 4) is 0 Å². The molecule has 2 aromatic rings. The molecule has 1 aromatic heterocycles. The van der Waals surface area contributed by atoms with Crippen molar-refractivity contribution in [2.45, 2.75) is 19.3 Å². The van der Waals surface area contributed by atoms with Crippen LogP contribution in [-0.4, -0.2) is 54.5 Å². The molecule has 0 bridgehead atoms. The highest BCUT2D eigenvalue weighted by Gasteiger charge is 2.23. The van der Waals surface area contributed by atoms with Crippen LogP contribution in [0.3, 0.4) is 0 Å². The highest BCUT2D eigenvalue weighted by molar-refractivity contribution is 5.91. The van der Waals surface area contributed by atoms with Crippen molar-refractivity contribution in [3.63, 3.8) is 0 Å². The lowest BCUT2D eigenvalue weighted by Gasteiger charge is -2.35. The van der Waals surface area contributed by atoms with Gasteiger partial charge in [-0.1, -0.05) is 12.1 Å². The molecule has 0 N–H and O–H groups in total. The van der Waals surface area contributed by atoms with Crippen LogP contribution < -0.4 is 4.90 Å². The molecule has 1 fully saturated rings. The Kier molecular flexibility index (Phi) is 5.05. The number of aryl methyl sites for hydroxylation is 2. The zero-order valence-corrected chi connectivity index (χ0v) is 15.3. The minimum atomic E-state index is -0.426. The van der Waals surface area contributed by atoms with E-state index in [1.54, 1.807) is 17.2 Å². The van der Waals surface area contributed by atoms with Gasteiger partial charge in [-0.05, 0) is 54.7 Å². The van der Waals surface area contributed by atoms with Crippen molar-refractivity contribution >= 4 is 17.7 Å². The van der Waals surface area contributed by atoms with Crippen LogP contribution in [0.25, 0.3) is 0 Å². The number of aromatic nitrogens is 1. The maximum atomic E-state index is 12.4. The maximum absolute atomic E-state index is 12.4. The molecule has 1 aliphatic carbocycles. The molecule has 1 aromatic carbocycles. The van der Waals surface area contributed by atoms with Crippen LogP contribution >= 0.6 is 0 Å². The molecule has 0 radical (unpaired) electrons. The molecular weight excluding hydrogens is 342 g/mol. The number of carbonyl (C=O) groups excluding carboxylic acids is 2. The van der Waals surface area contributed by atoms with Crippen LogP contribution in [0.4, 0.5) is 5.82 Å². The first-order chi connectivity index (χ1) is 13.2. The first-order valence-corrected chi connectivity index (χ1v) is 9.43. The lowest BCUT2D eigenvalue weighted by atomic mass is 10.1. The summed E-state index contributed by atoms with van der Waals surface area (Å²) in [5, 5.41) is 0. The molecule has 2 aliphatic rings. The third-order valence-corrected chi connectivity index (χ3v) is 5.27. The number of rotatable bonds is 4. The normalized spacial score (nSPS) is 16.1. The standard InChI is InChI=1S/C21H23N3O3/c25-20(24-12-10-23(11-13-24)19-6-1-2-9-22-19)15-27-21(26)18-8-7-16-4-3-5-17(16)14-18/h1-2,6-9,14H,3-5,10-13,15H2. The van der Waals surface area contributed by atoms with Crippen molar-refractivity contribution in [2.24, 2.45) is 0 Å². The van der Waals surface area contributed by atoms with E-state index in [0.717, 1.165) is 38.2 Å². The van der Waals surface area contributed by atoms with E-state index >= 15 is 0 Å². The van der Waals surface area contributed by atoms with Crippen LogP contribution in [0.5, 0.6) is 0 Å². The summed E-state index contributed by atoms with van der Waals surface area (Å²) in [6, 6.07) is 11.5. The van der Waals surface area contributed by atoms with Crippen LogP contribution in [-0.2, 0) is 22.4 Å². The third-order valence-electron chi connectivity index (χ3n) is 5.27.